The fourth-order valence-corrected chi connectivity index (χ4v) is 2.90. The van der Waals surface area contributed by atoms with E-state index in [4.69, 9.17) is 10.5 Å². The predicted molar refractivity (Wildman–Crippen MR) is 86.6 cm³/mol. The van der Waals surface area contributed by atoms with Crippen molar-refractivity contribution in [2.24, 2.45) is 11.3 Å². The van der Waals surface area contributed by atoms with Crippen LogP contribution in [0.5, 0.6) is 5.88 Å². The number of hydrogen-bond donors (Lipinski definition) is 1. The van der Waals surface area contributed by atoms with E-state index in [0.717, 1.165) is 24.8 Å². The molecule has 0 aliphatic carbocycles. The Kier molecular flexibility index (Phi) is 4.59. The first-order valence-electron chi connectivity index (χ1n) is 7.81. The molecule has 0 unspecified atom stereocenters. The van der Waals surface area contributed by atoms with Gasteiger partial charge >= 0.3 is 0 Å². The largest absolute Gasteiger partial charge is 0.473 e. The second kappa shape index (κ2) is 6.08. The Morgan fingerprint density at radius 3 is 2.38 bits per heavy atom. The summed E-state index contributed by atoms with van der Waals surface area (Å²) in [6, 6.07) is 0. The van der Waals surface area contributed by atoms with Crippen LogP contribution in [0.2, 0.25) is 0 Å². The van der Waals surface area contributed by atoms with Crippen molar-refractivity contribution in [2.45, 2.75) is 53.6 Å². The minimum absolute atomic E-state index is 0.0571. The minimum atomic E-state index is 0.0571. The van der Waals surface area contributed by atoms with E-state index in [1.807, 2.05) is 13.8 Å². The molecule has 5 nitrogen and oxygen atoms in total. The second-order valence-electron chi connectivity index (χ2n) is 7.21. The maximum atomic E-state index is 6.19. The van der Waals surface area contributed by atoms with Crippen LogP contribution in [0.4, 0.5) is 11.5 Å². The number of piperidine rings is 1. The van der Waals surface area contributed by atoms with E-state index < -0.39 is 0 Å². The van der Waals surface area contributed by atoms with Gasteiger partial charge in [0.1, 0.15) is 12.0 Å². The molecule has 0 aromatic carbocycles. The van der Waals surface area contributed by atoms with Crippen molar-refractivity contribution in [3.8, 4) is 5.88 Å². The van der Waals surface area contributed by atoms with Gasteiger partial charge in [-0.2, -0.15) is 4.98 Å². The number of nitrogens with two attached hydrogens (primary N) is 1. The van der Waals surface area contributed by atoms with Crippen molar-refractivity contribution in [1.29, 1.82) is 0 Å². The quantitative estimate of drug-likeness (QED) is 0.927. The maximum Gasteiger partial charge on any atom is 0.242 e. The molecule has 2 heterocycles. The zero-order valence-corrected chi connectivity index (χ0v) is 13.9. The molecule has 118 valence electrons. The molecule has 0 atom stereocenters. The highest BCUT2D eigenvalue weighted by Crippen LogP contribution is 2.37. The van der Waals surface area contributed by atoms with Gasteiger partial charge in [0.25, 0.3) is 0 Å². The van der Waals surface area contributed by atoms with Gasteiger partial charge in [-0.05, 0) is 38.0 Å². The zero-order valence-electron chi connectivity index (χ0n) is 13.9. The summed E-state index contributed by atoms with van der Waals surface area (Å²) in [4.78, 5) is 10.8. The number of hydrogen-bond acceptors (Lipinski definition) is 5. The highest BCUT2D eigenvalue weighted by molar-refractivity contribution is 5.67. The normalized spacial score (nSPS) is 17.3. The summed E-state index contributed by atoms with van der Waals surface area (Å²) in [6.07, 6.45) is 3.95. The molecule has 1 aromatic heterocycles. The van der Waals surface area contributed by atoms with E-state index in [0.29, 0.717) is 17.0 Å². The zero-order chi connectivity index (χ0) is 15.6. The summed E-state index contributed by atoms with van der Waals surface area (Å²) in [7, 11) is 0. The van der Waals surface area contributed by atoms with Gasteiger partial charge in [-0.1, -0.05) is 20.8 Å². The van der Waals surface area contributed by atoms with Crippen molar-refractivity contribution in [3.63, 3.8) is 0 Å². The van der Waals surface area contributed by atoms with Crippen LogP contribution in [-0.2, 0) is 0 Å². The van der Waals surface area contributed by atoms with Gasteiger partial charge in [0.05, 0.1) is 6.10 Å². The van der Waals surface area contributed by atoms with Crippen LogP contribution in [0, 0.1) is 11.3 Å². The van der Waals surface area contributed by atoms with E-state index in [1.54, 1.807) is 6.33 Å². The molecule has 0 saturated carbocycles. The highest BCUT2D eigenvalue weighted by Gasteiger charge is 2.30. The Bertz CT molecular complexity index is 474. The van der Waals surface area contributed by atoms with Gasteiger partial charge in [0.2, 0.25) is 5.88 Å². The first-order chi connectivity index (χ1) is 9.79. The van der Waals surface area contributed by atoms with Gasteiger partial charge in [-0.3, -0.25) is 0 Å². The van der Waals surface area contributed by atoms with E-state index in [1.165, 1.54) is 12.8 Å². The van der Waals surface area contributed by atoms with Crippen LogP contribution in [0.15, 0.2) is 6.33 Å². The summed E-state index contributed by atoms with van der Waals surface area (Å²) < 4.78 is 5.65. The third kappa shape index (κ3) is 3.77. The number of rotatable bonds is 3. The van der Waals surface area contributed by atoms with E-state index in [2.05, 4.69) is 35.6 Å². The molecule has 2 rings (SSSR count). The summed E-state index contributed by atoms with van der Waals surface area (Å²) in [5.74, 6) is 2.06. The number of ether oxygens (including phenoxy) is 1. The molecule has 0 bridgehead atoms. The van der Waals surface area contributed by atoms with Crippen molar-refractivity contribution >= 4 is 11.5 Å². The third-order valence-corrected chi connectivity index (χ3v) is 4.19. The van der Waals surface area contributed by atoms with E-state index in [9.17, 15) is 0 Å². The molecule has 5 heteroatoms. The Labute approximate surface area is 127 Å². The van der Waals surface area contributed by atoms with Crippen LogP contribution >= 0.6 is 0 Å². The molecule has 0 spiro atoms. The van der Waals surface area contributed by atoms with Crippen LogP contribution in [0.25, 0.3) is 0 Å². The molecule has 1 aliphatic heterocycles. The monoisotopic (exact) mass is 292 g/mol. The average Bonchev–Trinajstić information content (AvgIpc) is 2.40. The fraction of sp³-hybridized carbons (Fsp3) is 0.750. The molecular formula is C16H28N4O. The van der Waals surface area contributed by atoms with Gasteiger partial charge in [-0.25, -0.2) is 4.98 Å². The van der Waals surface area contributed by atoms with Crippen LogP contribution in [0.1, 0.15) is 47.5 Å². The van der Waals surface area contributed by atoms with Gasteiger partial charge in [-0.15, -0.1) is 0 Å². The molecule has 1 aromatic rings. The van der Waals surface area contributed by atoms with Crippen LogP contribution < -0.4 is 15.4 Å². The van der Waals surface area contributed by atoms with Crippen molar-refractivity contribution < 1.29 is 4.74 Å². The lowest BCUT2D eigenvalue weighted by Crippen LogP contribution is -2.38. The molecule has 1 aliphatic rings. The van der Waals surface area contributed by atoms with Crippen LogP contribution in [-0.4, -0.2) is 29.2 Å². The fourth-order valence-electron chi connectivity index (χ4n) is 2.90. The number of nitrogen functional groups attached to an aromatic ring is 1. The lowest BCUT2D eigenvalue weighted by molar-refractivity contribution is 0.198. The smallest absolute Gasteiger partial charge is 0.242 e. The first-order valence-corrected chi connectivity index (χ1v) is 7.81. The van der Waals surface area contributed by atoms with Crippen molar-refractivity contribution in [1.82, 2.24) is 9.97 Å². The van der Waals surface area contributed by atoms with Gasteiger partial charge in [0, 0.05) is 13.1 Å². The molecule has 0 radical (unpaired) electrons. The van der Waals surface area contributed by atoms with Gasteiger partial charge < -0.3 is 15.4 Å². The lowest BCUT2D eigenvalue weighted by Gasteiger charge is -2.39. The molecule has 21 heavy (non-hydrogen) atoms. The maximum absolute atomic E-state index is 6.19. The standard InChI is InChI=1S/C16H28N4O/c1-11(2)21-15-13(17)14(18-10-19-15)20-8-6-12(7-9-20)16(3,4)5/h10-12H,6-9,17H2,1-5H3. The van der Waals surface area contributed by atoms with Crippen molar-refractivity contribution in [3.05, 3.63) is 6.33 Å². The van der Waals surface area contributed by atoms with Crippen LogP contribution in [0.3, 0.4) is 0 Å². The summed E-state index contributed by atoms with van der Waals surface area (Å²) in [5, 5.41) is 0. The Morgan fingerprint density at radius 2 is 1.86 bits per heavy atom. The summed E-state index contributed by atoms with van der Waals surface area (Å²) >= 11 is 0. The minimum Gasteiger partial charge on any atom is -0.473 e. The van der Waals surface area contributed by atoms with Crippen molar-refractivity contribution in [2.75, 3.05) is 23.7 Å². The van der Waals surface area contributed by atoms with E-state index >= 15 is 0 Å². The topological polar surface area (TPSA) is 64.3 Å². The van der Waals surface area contributed by atoms with E-state index in [-0.39, 0.29) is 6.10 Å². The first kappa shape index (κ1) is 15.9. The highest BCUT2D eigenvalue weighted by atomic mass is 16.5. The average molecular weight is 292 g/mol. The molecule has 1 fully saturated rings. The third-order valence-electron chi connectivity index (χ3n) is 4.19. The number of aromatic nitrogens is 2. The number of nitrogens with zero attached hydrogens (tertiary/aromatic N) is 3. The summed E-state index contributed by atoms with van der Waals surface area (Å²) in [6.45, 7) is 12.9. The Hall–Kier alpha value is -1.52. The Morgan fingerprint density at radius 1 is 1.24 bits per heavy atom. The molecule has 0 amide bonds. The molecular weight excluding hydrogens is 264 g/mol. The SMILES string of the molecule is CC(C)Oc1ncnc(N2CCC(C(C)(C)C)CC2)c1N. The lowest BCUT2D eigenvalue weighted by atomic mass is 9.75. The molecule has 1 saturated heterocycles. The Balaban J connectivity index is 2.10. The molecule has 2 N–H and O–H groups in total. The predicted octanol–water partition coefficient (Wildman–Crippen LogP) is 3.11. The number of anilines is 2. The second-order valence-corrected chi connectivity index (χ2v) is 7.21. The van der Waals surface area contributed by atoms with Gasteiger partial charge in [0.15, 0.2) is 5.82 Å². The summed E-state index contributed by atoms with van der Waals surface area (Å²) in [5.41, 5.74) is 7.12.